The number of aliphatic hydroxyl groups excluding tert-OH is 1. The second kappa shape index (κ2) is 10.4. The SMILES string of the molecule is CC12CCC(=O)C=C1CCC1C2[C@@H](O)CC2(C)C1CC[C@]2(OC(=O)c1ccco1)C(=O)SCc1ccc2cccnc2c1. The zero-order valence-corrected chi connectivity index (χ0v) is 25.4. The summed E-state index contributed by atoms with van der Waals surface area (Å²) in [6.45, 7) is 4.27. The van der Waals surface area contributed by atoms with E-state index in [-0.39, 0.29) is 39.8 Å². The van der Waals surface area contributed by atoms with E-state index < -0.39 is 23.1 Å². The van der Waals surface area contributed by atoms with Crippen molar-refractivity contribution >= 4 is 39.5 Å². The second-order valence-electron chi connectivity index (χ2n) is 13.4. The molecule has 1 aromatic carbocycles. The van der Waals surface area contributed by atoms with Gasteiger partial charge >= 0.3 is 5.97 Å². The fourth-order valence-electron chi connectivity index (χ4n) is 9.29. The minimum atomic E-state index is -1.41. The third-order valence-corrected chi connectivity index (χ3v) is 12.4. The highest BCUT2D eigenvalue weighted by Crippen LogP contribution is 2.69. The summed E-state index contributed by atoms with van der Waals surface area (Å²) in [6, 6.07) is 13.1. The largest absolute Gasteiger partial charge is 0.457 e. The molecule has 2 heterocycles. The highest BCUT2D eigenvalue weighted by atomic mass is 32.2. The van der Waals surface area contributed by atoms with Gasteiger partial charge in [-0.05, 0) is 97.6 Å². The second-order valence-corrected chi connectivity index (χ2v) is 14.4. The third-order valence-electron chi connectivity index (χ3n) is 11.4. The number of ketones is 1. The van der Waals surface area contributed by atoms with Gasteiger partial charge in [0.25, 0.3) is 0 Å². The Morgan fingerprint density at radius 1 is 1.12 bits per heavy atom. The summed E-state index contributed by atoms with van der Waals surface area (Å²) in [6.07, 6.45) is 8.72. The minimum Gasteiger partial charge on any atom is -0.457 e. The molecule has 0 spiro atoms. The van der Waals surface area contributed by atoms with E-state index in [0.717, 1.165) is 47.7 Å². The normalized spacial score (nSPS) is 35.0. The molecule has 0 amide bonds. The number of aliphatic hydroxyl groups is 1. The molecular formula is C35H37NO6S. The Labute approximate surface area is 255 Å². The number of fused-ring (bicyclic) bond motifs is 6. The molecule has 3 fully saturated rings. The summed E-state index contributed by atoms with van der Waals surface area (Å²) >= 11 is 1.17. The van der Waals surface area contributed by atoms with Crippen molar-refractivity contribution in [2.75, 3.05) is 0 Å². The van der Waals surface area contributed by atoms with Crippen molar-refractivity contribution in [2.45, 2.75) is 76.3 Å². The Balaban J connectivity index is 1.22. The standard InChI is InChI=1S/C35H37NO6S/c1-33-13-11-24(37)18-23(33)9-10-25-26-12-14-35(34(26,2)19-28(38)30(25)33,42-31(39)29-6-4-16-41-29)32(40)43-20-21-7-8-22-5-3-15-36-27(22)17-21/h3-8,15-18,25-26,28,30,38H,9-14,19-20H2,1-2H3/t25?,26?,28-,30?,33?,34?,35-/m0/s1. The van der Waals surface area contributed by atoms with Gasteiger partial charge in [0.1, 0.15) is 0 Å². The summed E-state index contributed by atoms with van der Waals surface area (Å²) in [5.41, 5.74) is 0.588. The molecule has 224 valence electrons. The Bertz CT molecular complexity index is 1630. The van der Waals surface area contributed by atoms with Crippen molar-refractivity contribution in [2.24, 2.45) is 28.6 Å². The lowest BCUT2D eigenvalue weighted by Crippen LogP contribution is -2.62. The molecule has 7 nitrogen and oxygen atoms in total. The summed E-state index contributed by atoms with van der Waals surface area (Å²) in [5.74, 6) is 0.262. The fraction of sp³-hybridized carbons (Fsp3) is 0.486. The van der Waals surface area contributed by atoms with Crippen LogP contribution in [0.3, 0.4) is 0 Å². The molecule has 0 aliphatic heterocycles. The highest BCUT2D eigenvalue weighted by Gasteiger charge is 2.70. The smallest absolute Gasteiger partial charge is 0.375 e. The molecule has 0 radical (unpaired) electrons. The number of benzene rings is 1. The molecule has 5 unspecified atom stereocenters. The number of hydrogen-bond acceptors (Lipinski definition) is 8. The van der Waals surface area contributed by atoms with Crippen LogP contribution in [0.5, 0.6) is 0 Å². The van der Waals surface area contributed by atoms with Crippen molar-refractivity contribution in [1.82, 2.24) is 4.98 Å². The van der Waals surface area contributed by atoms with Gasteiger partial charge < -0.3 is 14.3 Å². The summed E-state index contributed by atoms with van der Waals surface area (Å²) in [7, 11) is 0. The van der Waals surface area contributed by atoms with Gasteiger partial charge in [-0.1, -0.05) is 49.4 Å². The minimum absolute atomic E-state index is 0.00288. The highest BCUT2D eigenvalue weighted by molar-refractivity contribution is 8.13. The van der Waals surface area contributed by atoms with Crippen LogP contribution in [0.2, 0.25) is 0 Å². The van der Waals surface area contributed by atoms with Gasteiger partial charge in [0, 0.05) is 29.2 Å². The molecule has 1 N–H and O–H groups in total. The zero-order chi connectivity index (χ0) is 30.0. The molecule has 4 aliphatic carbocycles. The molecule has 8 heteroatoms. The van der Waals surface area contributed by atoms with Crippen LogP contribution < -0.4 is 0 Å². The first kappa shape index (κ1) is 28.5. The van der Waals surface area contributed by atoms with E-state index in [1.807, 2.05) is 36.4 Å². The fourth-order valence-corrected chi connectivity index (χ4v) is 10.4. The van der Waals surface area contributed by atoms with Crippen LogP contribution in [-0.4, -0.2) is 38.7 Å². The van der Waals surface area contributed by atoms with E-state index in [1.54, 1.807) is 18.3 Å². The van der Waals surface area contributed by atoms with Crippen molar-refractivity contribution < 1.29 is 28.6 Å². The van der Waals surface area contributed by atoms with E-state index in [0.29, 0.717) is 25.0 Å². The molecule has 7 rings (SSSR count). The number of hydrogen-bond donors (Lipinski definition) is 1. The lowest BCUT2D eigenvalue weighted by Gasteiger charge is -2.60. The van der Waals surface area contributed by atoms with Gasteiger partial charge in [-0.2, -0.15) is 0 Å². The van der Waals surface area contributed by atoms with Gasteiger partial charge in [0.05, 0.1) is 17.9 Å². The number of nitrogens with zero attached hydrogens (tertiary/aromatic N) is 1. The Morgan fingerprint density at radius 3 is 2.79 bits per heavy atom. The Morgan fingerprint density at radius 2 is 1.98 bits per heavy atom. The van der Waals surface area contributed by atoms with Crippen molar-refractivity contribution in [3.63, 3.8) is 0 Å². The van der Waals surface area contributed by atoms with E-state index in [2.05, 4.69) is 18.8 Å². The van der Waals surface area contributed by atoms with Gasteiger partial charge in [-0.3, -0.25) is 14.6 Å². The third kappa shape index (κ3) is 4.43. The van der Waals surface area contributed by atoms with Crippen molar-refractivity contribution in [3.8, 4) is 0 Å². The first-order valence-electron chi connectivity index (χ1n) is 15.3. The van der Waals surface area contributed by atoms with Crippen LogP contribution in [-0.2, 0) is 20.1 Å². The Kier molecular flexibility index (Phi) is 6.93. The molecule has 43 heavy (non-hydrogen) atoms. The summed E-state index contributed by atoms with van der Waals surface area (Å²) in [5, 5.41) is 12.8. The van der Waals surface area contributed by atoms with E-state index in [9.17, 15) is 19.5 Å². The number of allylic oxidation sites excluding steroid dienone is 1. The quantitative estimate of drug-likeness (QED) is 0.324. The first-order chi connectivity index (χ1) is 20.6. The number of carbonyl (C=O) groups excluding carboxylic acids is 3. The summed E-state index contributed by atoms with van der Waals surface area (Å²) < 4.78 is 11.7. The number of rotatable bonds is 5. The van der Waals surface area contributed by atoms with Crippen LogP contribution in [0.4, 0.5) is 0 Å². The van der Waals surface area contributed by atoms with Crippen LogP contribution in [0.15, 0.2) is 71.0 Å². The number of thioether (sulfide) groups is 1. The number of furan rings is 1. The topological polar surface area (TPSA) is 107 Å². The van der Waals surface area contributed by atoms with Gasteiger partial charge in [-0.25, -0.2) is 4.79 Å². The van der Waals surface area contributed by atoms with Crippen molar-refractivity contribution in [3.05, 3.63) is 77.9 Å². The lowest BCUT2D eigenvalue weighted by atomic mass is 9.45. The molecule has 7 atom stereocenters. The summed E-state index contributed by atoms with van der Waals surface area (Å²) in [4.78, 5) is 44.7. The average molecular weight is 600 g/mol. The zero-order valence-electron chi connectivity index (χ0n) is 24.6. The molecule has 0 saturated heterocycles. The lowest BCUT2D eigenvalue weighted by molar-refractivity contribution is -0.176. The molecule has 3 aromatic rings. The van der Waals surface area contributed by atoms with Crippen LogP contribution in [0.25, 0.3) is 10.9 Å². The van der Waals surface area contributed by atoms with Gasteiger partial charge in [0.2, 0.25) is 10.9 Å². The maximum Gasteiger partial charge on any atom is 0.375 e. The molecule has 2 aromatic heterocycles. The molecule has 0 bridgehead atoms. The maximum absolute atomic E-state index is 14.5. The maximum atomic E-state index is 14.5. The number of aromatic nitrogens is 1. The monoisotopic (exact) mass is 599 g/mol. The van der Waals surface area contributed by atoms with E-state index >= 15 is 0 Å². The van der Waals surface area contributed by atoms with Gasteiger partial charge in [-0.15, -0.1) is 0 Å². The molecule has 4 aliphatic rings. The van der Waals surface area contributed by atoms with E-state index in [4.69, 9.17) is 9.15 Å². The van der Waals surface area contributed by atoms with Gasteiger partial charge in [0.15, 0.2) is 11.4 Å². The number of pyridine rings is 1. The van der Waals surface area contributed by atoms with Crippen molar-refractivity contribution in [1.29, 1.82) is 0 Å². The molecule has 3 saturated carbocycles. The number of carbonyl (C=O) groups is 3. The predicted octanol–water partition coefficient (Wildman–Crippen LogP) is 6.69. The first-order valence-corrected chi connectivity index (χ1v) is 16.3. The molecular weight excluding hydrogens is 562 g/mol. The van der Waals surface area contributed by atoms with E-state index in [1.165, 1.54) is 18.0 Å². The predicted molar refractivity (Wildman–Crippen MR) is 163 cm³/mol. The van der Waals surface area contributed by atoms with Crippen LogP contribution >= 0.6 is 11.8 Å². The Hall–Kier alpha value is -3.23. The van der Waals surface area contributed by atoms with Crippen LogP contribution in [0, 0.1) is 28.6 Å². The average Bonchev–Trinajstić information content (AvgIpc) is 3.63. The number of esters is 1. The number of ether oxygens (including phenoxy) is 1. The van der Waals surface area contributed by atoms with Crippen LogP contribution in [0.1, 0.15) is 74.9 Å².